The first-order chi connectivity index (χ1) is 9.26. The van der Waals surface area contributed by atoms with Crippen LogP contribution in [0, 0.1) is 0 Å². The zero-order valence-corrected chi connectivity index (χ0v) is 12.1. The fourth-order valence-electron chi connectivity index (χ4n) is 2.77. The van der Waals surface area contributed by atoms with Crippen molar-refractivity contribution < 1.29 is 4.74 Å². The van der Waals surface area contributed by atoms with Gasteiger partial charge in [0.15, 0.2) is 5.75 Å². The van der Waals surface area contributed by atoms with Crippen molar-refractivity contribution in [2.75, 3.05) is 7.11 Å². The third-order valence-electron chi connectivity index (χ3n) is 3.72. The second kappa shape index (κ2) is 6.75. The molecule has 1 aromatic heterocycles. The highest BCUT2D eigenvalue weighted by Crippen LogP contribution is 2.30. The van der Waals surface area contributed by atoms with Crippen molar-refractivity contribution in [1.29, 1.82) is 0 Å². The average Bonchev–Trinajstić information content (AvgIpc) is 2.83. The minimum absolute atomic E-state index is 0.0200. The van der Waals surface area contributed by atoms with Gasteiger partial charge in [0.1, 0.15) is 0 Å². The minimum Gasteiger partial charge on any atom is -0.493 e. The molecular weight excluding hydrogens is 238 g/mol. The summed E-state index contributed by atoms with van der Waals surface area (Å²) < 4.78 is 7.39. The number of nitrogens with two attached hydrogens (primary N) is 1. The molecule has 4 heteroatoms. The molecule has 0 aliphatic heterocycles. The summed E-state index contributed by atoms with van der Waals surface area (Å²) in [7, 11) is 1.68. The topological polar surface area (TPSA) is 53.1 Å². The Kier molecular flexibility index (Phi) is 5.02. The maximum atomic E-state index is 6.40. The maximum absolute atomic E-state index is 6.40. The molecule has 1 aliphatic carbocycles. The van der Waals surface area contributed by atoms with E-state index in [2.05, 4.69) is 18.1 Å². The average molecular weight is 263 g/mol. The van der Waals surface area contributed by atoms with E-state index >= 15 is 0 Å². The number of hydrogen-bond donors (Lipinski definition) is 1. The molecule has 0 saturated carbocycles. The lowest BCUT2D eigenvalue weighted by Crippen LogP contribution is -2.18. The van der Waals surface area contributed by atoms with E-state index in [0.717, 1.165) is 30.8 Å². The summed E-state index contributed by atoms with van der Waals surface area (Å²) in [6, 6.07) is -0.0200. The number of aryl methyl sites for hydroxylation is 1. The molecule has 1 aromatic rings. The molecule has 1 aliphatic rings. The molecular formula is C15H25N3O. The van der Waals surface area contributed by atoms with Crippen molar-refractivity contribution in [3.63, 3.8) is 0 Å². The molecule has 0 radical (unpaired) electrons. The first kappa shape index (κ1) is 14.1. The molecule has 2 rings (SSSR count). The van der Waals surface area contributed by atoms with Gasteiger partial charge < -0.3 is 10.5 Å². The van der Waals surface area contributed by atoms with Crippen LogP contribution in [0.25, 0.3) is 0 Å². The summed E-state index contributed by atoms with van der Waals surface area (Å²) in [5.74, 6) is 0.817. The molecule has 0 bridgehead atoms. The zero-order chi connectivity index (χ0) is 13.7. The summed E-state index contributed by atoms with van der Waals surface area (Å²) in [6.07, 6.45) is 11.1. The normalized spacial score (nSPS) is 17.1. The van der Waals surface area contributed by atoms with E-state index in [1.54, 1.807) is 13.3 Å². The molecule has 0 amide bonds. The van der Waals surface area contributed by atoms with Crippen molar-refractivity contribution in [3.8, 4) is 5.75 Å². The first-order valence-corrected chi connectivity index (χ1v) is 7.29. The quantitative estimate of drug-likeness (QED) is 0.802. The minimum atomic E-state index is -0.0200. The van der Waals surface area contributed by atoms with Crippen molar-refractivity contribution in [3.05, 3.63) is 23.5 Å². The van der Waals surface area contributed by atoms with Crippen LogP contribution in [0.15, 0.2) is 17.8 Å². The van der Waals surface area contributed by atoms with Gasteiger partial charge in [0.25, 0.3) is 0 Å². The number of hydrogen-bond acceptors (Lipinski definition) is 3. The second-order valence-electron chi connectivity index (χ2n) is 5.24. The standard InChI is InChI=1S/C15H25N3O/c1-3-9-18-15(14(19-2)11-17-18)13(16)10-12-7-5-4-6-8-12/h7,11,13H,3-6,8-10,16H2,1-2H3. The lowest BCUT2D eigenvalue weighted by molar-refractivity contribution is 0.399. The molecule has 0 fully saturated rings. The highest BCUT2D eigenvalue weighted by molar-refractivity contribution is 5.29. The van der Waals surface area contributed by atoms with Gasteiger partial charge in [-0.25, -0.2) is 0 Å². The van der Waals surface area contributed by atoms with Crippen LogP contribution in [-0.2, 0) is 6.54 Å². The Bertz CT molecular complexity index is 437. The highest BCUT2D eigenvalue weighted by atomic mass is 16.5. The van der Waals surface area contributed by atoms with Gasteiger partial charge in [0.05, 0.1) is 25.0 Å². The summed E-state index contributed by atoms with van der Waals surface area (Å²) in [6.45, 7) is 3.04. The Balaban J connectivity index is 2.14. The van der Waals surface area contributed by atoms with Crippen molar-refractivity contribution >= 4 is 0 Å². The number of nitrogens with zero attached hydrogens (tertiary/aromatic N) is 2. The summed E-state index contributed by atoms with van der Waals surface area (Å²) in [4.78, 5) is 0. The van der Waals surface area contributed by atoms with Crippen LogP contribution in [0.3, 0.4) is 0 Å². The van der Waals surface area contributed by atoms with E-state index in [1.807, 2.05) is 4.68 Å². The van der Waals surface area contributed by atoms with Crippen LogP contribution in [-0.4, -0.2) is 16.9 Å². The molecule has 0 aromatic carbocycles. The smallest absolute Gasteiger partial charge is 0.161 e. The van der Waals surface area contributed by atoms with Gasteiger partial charge in [-0.1, -0.05) is 18.6 Å². The predicted octanol–water partition coefficient (Wildman–Crippen LogP) is 3.19. The zero-order valence-electron chi connectivity index (χ0n) is 12.1. The first-order valence-electron chi connectivity index (χ1n) is 7.29. The summed E-state index contributed by atoms with van der Waals surface area (Å²) in [5.41, 5.74) is 8.92. The monoisotopic (exact) mass is 263 g/mol. The van der Waals surface area contributed by atoms with Gasteiger partial charge in [-0.15, -0.1) is 0 Å². The van der Waals surface area contributed by atoms with Crippen LogP contribution >= 0.6 is 0 Å². The van der Waals surface area contributed by atoms with Crippen molar-refractivity contribution in [2.45, 2.75) is 58.0 Å². The molecule has 1 heterocycles. The van der Waals surface area contributed by atoms with E-state index in [0.29, 0.717) is 0 Å². The molecule has 106 valence electrons. The number of allylic oxidation sites excluding steroid dienone is 1. The van der Waals surface area contributed by atoms with Gasteiger partial charge in [-0.05, 0) is 38.5 Å². The number of rotatable bonds is 6. The second-order valence-corrected chi connectivity index (χ2v) is 5.24. The Morgan fingerprint density at radius 2 is 2.32 bits per heavy atom. The summed E-state index contributed by atoms with van der Waals surface area (Å²) >= 11 is 0. The molecule has 19 heavy (non-hydrogen) atoms. The van der Waals surface area contributed by atoms with Crippen LogP contribution in [0.2, 0.25) is 0 Å². The van der Waals surface area contributed by atoms with Gasteiger partial charge in [0.2, 0.25) is 0 Å². The van der Waals surface area contributed by atoms with Crippen LogP contribution < -0.4 is 10.5 Å². The van der Waals surface area contributed by atoms with E-state index < -0.39 is 0 Å². The highest BCUT2D eigenvalue weighted by Gasteiger charge is 2.20. The van der Waals surface area contributed by atoms with Gasteiger partial charge in [-0.3, -0.25) is 4.68 Å². The summed E-state index contributed by atoms with van der Waals surface area (Å²) in [5, 5.41) is 4.38. The van der Waals surface area contributed by atoms with E-state index in [-0.39, 0.29) is 6.04 Å². The molecule has 4 nitrogen and oxygen atoms in total. The number of aromatic nitrogens is 2. The molecule has 1 atom stereocenters. The maximum Gasteiger partial charge on any atom is 0.161 e. The van der Waals surface area contributed by atoms with Gasteiger partial charge in [0, 0.05) is 6.54 Å². The Morgan fingerprint density at radius 3 is 2.95 bits per heavy atom. The lowest BCUT2D eigenvalue weighted by Gasteiger charge is -2.19. The number of methoxy groups -OCH3 is 1. The molecule has 0 spiro atoms. The number of ether oxygens (including phenoxy) is 1. The largest absolute Gasteiger partial charge is 0.493 e. The predicted molar refractivity (Wildman–Crippen MR) is 77.2 cm³/mol. The fourth-order valence-corrected chi connectivity index (χ4v) is 2.77. The molecule has 2 N–H and O–H groups in total. The van der Waals surface area contributed by atoms with Crippen LogP contribution in [0.5, 0.6) is 5.75 Å². The molecule has 1 unspecified atom stereocenters. The lowest BCUT2D eigenvalue weighted by atomic mass is 9.93. The van der Waals surface area contributed by atoms with Gasteiger partial charge >= 0.3 is 0 Å². The van der Waals surface area contributed by atoms with E-state index in [4.69, 9.17) is 10.5 Å². The van der Waals surface area contributed by atoms with Crippen LogP contribution in [0.4, 0.5) is 0 Å². The van der Waals surface area contributed by atoms with E-state index in [1.165, 1.54) is 31.3 Å². The van der Waals surface area contributed by atoms with Crippen molar-refractivity contribution in [2.24, 2.45) is 5.73 Å². The SMILES string of the molecule is CCCn1ncc(OC)c1C(N)CC1=CCCCC1. The Hall–Kier alpha value is -1.29. The third-order valence-corrected chi connectivity index (χ3v) is 3.72. The van der Waals surface area contributed by atoms with Crippen molar-refractivity contribution in [1.82, 2.24) is 9.78 Å². The van der Waals surface area contributed by atoms with E-state index in [9.17, 15) is 0 Å². The van der Waals surface area contributed by atoms with Gasteiger partial charge in [-0.2, -0.15) is 5.10 Å². The molecule has 0 saturated heterocycles. The Labute approximate surface area is 115 Å². The third kappa shape index (κ3) is 3.38. The van der Waals surface area contributed by atoms with Crippen LogP contribution in [0.1, 0.15) is 57.2 Å². The Morgan fingerprint density at radius 1 is 1.47 bits per heavy atom. The fraction of sp³-hybridized carbons (Fsp3) is 0.667.